The average molecular weight is 474 g/mol. The van der Waals surface area contributed by atoms with Gasteiger partial charge in [-0.25, -0.2) is 9.59 Å². The van der Waals surface area contributed by atoms with Gasteiger partial charge in [-0.1, -0.05) is 6.07 Å². The molecule has 0 saturated carbocycles. The lowest BCUT2D eigenvalue weighted by Gasteiger charge is -2.34. The summed E-state index contributed by atoms with van der Waals surface area (Å²) >= 11 is 0. The summed E-state index contributed by atoms with van der Waals surface area (Å²) in [6, 6.07) is 10.3. The highest BCUT2D eigenvalue weighted by Gasteiger charge is 2.23. The molecule has 0 unspecified atom stereocenters. The summed E-state index contributed by atoms with van der Waals surface area (Å²) in [6.45, 7) is 6.53. The van der Waals surface area contributed by atoms with Gasteiger partial charge in [0.2, 0.25) is 19.3 Å². The van der Waals surface area contributed by atoms with Crippen LogP contribution in [0.3, 0.4) is 0 Å². The van der Waals surface area contributed by atoms with Crippen LogP contribution in [0.5, 0.6) is 28.7 Å². The Bertz CT molecular complexity index is 1040. The molecule has 5 rings (SSSR count). The van der Waals surface area contributed by atoms with E-state index >= 15 is 0 Å². The van der Waals surface area contributed by atoms with Crippen LogP contribution in [0.15, 0.2) is 30.3 Å². The molecule has 0 atom stereocenters. The van der Waals surface area contributed by atoms with Crippen LogP contribution in [-0.4, -0.2) is 78.8 Å². The molecule has 1 saturated heterocycles. The number of carbonyl (C=O) groups is 2. The van der Waals surface area contributed by atoms with Gasteiger partial charge in [-0.15, -0.1) is 0 Å². The number of methoxy groups -OCH3 is 1. The molecular formula is C23H26N2O9. The van der Waals surface area contributed by atoms with Gasteiger partial charge >= 0.3 is 11.9 Å². The summed E-state index contributed by atoms with van der Waals surface area (Å²) in [5.41, 5.74) is 2.45. The minimum Gasteiger partial charge on any atom is -0.493 e. The molecule has 3 aliphatic heterocycles. The SMILES string of the molecule is COc1cc(CN2CCN(Cc3ccc4c(c3)OCO4)CC2)cc2c1OCO2.O=C(O)C(=O)O. The van der Waals surface area contributed by atoms with Crippen LogP contribution >= 0.6 is 0 Å². The zero-order chi connectivity index (χ0) is 24.1. The molecule has 0 bridgehead atoms. The monoisotopic (exact) mass is 474 g/mol. The van der Waals surface area contributed by atoms with Gasteiger partial charge in [-0.3, -0.25) is 9.80 Å². The zero-order valence-electron chi connectivity index (χ0n) is 18.7. The van der Waals surface area contributed by atoms with Crippen LogP contribution in [-0.2, 0) is 22.7 Å². The maximum absolute atomic E-state index is 9.10. The second-order valence-corrected chi connectivity index (χ2v) is 7.88. The van der Waals surface area contributed by atoms with Crippen LogP contribution < -0.4 is 23.7 Å². The van der Waals surface area contributed by atoms with E-state index in [2.05, 4.69) is 28.0 Å². The third-order valence-corrected chi connectivity index (χ3v) is 5.62. The number of carboxylic acid groups (broad SMARTS) is 2. The maximum Gasteiger partial charge on any atom is 0.414 e. The molecule has 3 aliphatic rings. The van der Waals surface area contributed by atoms with Gasteiger partial charge in [0.1, 0.15) is 0 Å². The quantitative estimate of drug-likeness (QED) is 0.614. The molecular weight excluding hydrogens is 448 g/mol. The first-order chi connectivity index (χ1) is 16.4. The van der Waals surface area contributed by atoms with E-state index in [1.807, 2.05) is 12.1 Å². The Hall–Kier alpha value is -3.70. The fourth-order valence-electron chi connectivity index (χ4n) is 3.94. The number of benzene rings is 2. The van der Waals surface area contributed by atoms with Crippen LogP contribution in [0.1, 0.15) is 11.1 Å². The standard InChI is InChI=1S/C21H24N2O5.C2H2O4/c1-24-19-9-16(10-20-21(19)28-14-27-20)12-23-6-4-22(5-7-23)11-15-2-3-17-18(8-15)26-13-25-17;3-1(4)2(5)6/h2-3,8-10H,4-7,11-14H2,1H3;(H,3,4)(H,5,6). The lowest BCUT2D eigenvalue weighted by atomic mass is 10.1. The van der Waals surface area contributed by atoms with Crippen molar-refractivity contribution in [1.82, 2.24) is 9.80 Å². The number of ether oxygens (including phenoxy) is 5. The maximum atomic E-state index is 9.10. The molecule has 3 heterocycles. The van der Waals surface area contributed by atoms with Gasteiger partial charge in [-0.2, -0.15) is 0 Å². The van der Waals surface area contributed by atoms with Crippen molar-refractivity contribution < 1.29 is 43.5 Å². The predicted octanol–water partition coefficient (Wildman–Crippen LogP) is 1.63. The van der Waals surface area contributed by atoms with Crippen molar-refractivity contribution in [3.63, 3.8) is 0 Å². The Kier molecular flexibility index (Phi) is 7.24. The van der Waals surface area contributed by atoms with E-state index in [0.29, 0.717) is 12.5 Å². The summed E-state index contributed by atoms with van der Waals surface area (Å²) in [6.07, 6.45) is 0. The molecule has 182 valence electrons. The third-order valence-electron chi connectivity index (χ3n) is 5.62. The van der Waals surface area contributed by atoms with Gasteiger partial charge in [0.05, 0.1) is 7.11 Å². The molecule has 11 nitrogen and oxygen atoms in total. The van der Waals surface area contributed by atoms with Gasteiger partial charge in [0.25, 0.3) is 0 Å². The summed E-state index contributed by atoms with van der Waals surface area (Å²) in [7, 11) is 1.66. The van der Waals surface area contributed by atoms with Crippen molar-refractivity contribution in [3.8, 4) is 28.7 Å². The Morgan fingerprint density at radius 1 is 0.794 bits per heavy atom. The molecule has 1 fully saturated rings. The molecule has 11 heteroatoms. The van der Waals surface area contributed by atoms with E-state index in [9.17, 15) is 0 Å². The number of fused-ring (bicyclic) bond motifs is 2. The summed E-state index contributed by atoms with van der Waals surface area (Å²) in [4.78, 5) is 23.1. The second-order valence-electron chi connectivity index (χ2n) is 7.88. The number of hydrogen-bond donors (Lipinski definition) is 2. The van der Waals surface area contributed by atoms with Crippen molar-refractivity contribution in [2.45, 2.75) is 13.1 Å². The summed E-state index contributed by atoms with van der Waals surface area (Å²) < 4.78 is 27.3. The molecule has 2 N–H and O–H groups in total. The second kappa shape index (κ2) is 10.5. The van der Waals surface area contributed by atoms with Crippen LogP contribution in [0, 0.1) is 0 Å². The highest BCUT2D eigenvalue weighted by atomic mass is 16.7. The molecule has 0 radical (unpaired) electrons. The number of aliphatic carboxylic acids is 2. The number of nitrogens with zero attached hydrogens (tertiary/aromatic N) is 2. The lowest BCUT2D eigenvalue weighted by Crippen LogP contribution is -2.45. The summed E-state index contributed by atoms with van der Waals surface area (Å²) in [5.74, 6) is 0.271. The van der Waals surface area contributed by atoms with Crippen LogP contribution in [0.4, 0.5) is 0 Å². The Morgan fingerprint density at radius 3 is 2.00 bits per heavy atom. The van der Waals surface area contributed by atoms with Crippen molar-refractivity contribution >= 4 is 11.9 Å². The van der Waals surface area contributed by atoms with Crippen LogP contribution in [0.2, 0.25) is 0 Å². The molecule has 34 heavy (non-hydrogen) atoms. The van der Waals surface area contributed by atoms with E-state index in [1.54, 1.807) is 7.11 Å². The van der Waals surface area contributed by atoms with E-state index in [-0.39, 0.29) is 6.79 Å². The molecule has 0 aromatic heterocycles. The summed E-state index contributed by atoms with van der Waals surface area (Å²) in [5, 5.41) is 14.8. The Balaban J connectivity index is 0.000000408. The normalized spacial score (nSPS) is 16.5. The van der Waals surface area contributed by atoms with Gasteiger partial charge < -0.3 is 33.9 Å². The van der Waals surface area contributed by atoms with Gasteiger partial charge in [-0.05, 0) is 35.4 Å². The first-order valence-electron chi connectivity index (χ1n) is 10.7. The Labute approximate surface area is 195 Å². The van der Waals surface area contributed by atoms with Gasteiger partial charge in [0, 0.05) is 39.3 Å². The molecule has 2 aromatic carbocycles. The molecule has 0 amide bonds. The number of hydrogen-bond acceptors (Lipinski definition) is 9. The molecule has 0 aliphatic carbocycles. The predicted molar refractivity (Wildman–Crippen MR) is 118 cm³/mol. The van der Waals surface area contributed by atoms with E-state index in [4.69, 9.17) is 43.5 Å². The lowest BCUT2D eigenvalue weighted by molar-refractivity contribution is -0.159. The average Bonchev–Trinajstić information content (AvgIpc) is 3.49. The van der Waals surface area contributed by atoms with Crippen molar-refractivity contribution in [1.29, 1.82) is 0 Å². The molecule has 2 aromatic rings. The van der Waals surface area contributed by atoms with Crippen molar-refractivity contribution in [3.05, 3.63) is 41.5 Å². The number of piperazine rings is 1. The number of carboxylic acids is 2. The topological polar surface area (TPSA) is 127 Å². The fourth-order valence-corrected chi connectivity index (χ4v) is 3.94. The van der Waals surface area contributed by atoms with Crippen molar-refractivity contribution in [2.24, 2.45) is 0 Å². The van der Waals surface area contributed by atoms with Crippen LogP contribution in [0.25, 0.3) is 0 Å². The third kappa shape index (κ3) is 5.61. The van der Waals surface area contributed by atoms with Crippen molar-refractivity contribution in [2.75, 3.05) is 46.9 Å². The Morgan fingerprint density at radius 2 is 1.35 bits per heavy atom. The van der Waals surface area contributed by atoms with E-state index in [0.717, 1.165) is 62.3 Å². The van der Waals surface area contributed by atoms with Gasteiger partial charge in [0.15, 0.2) is 23.0 Å². The highest BCUT2D eigenvalue weighted by molar-refractivity contribution is 6.27. The van der Waals surface area contributed by atoms with E-state index in [1.165, 1.54) is 11.1 Å². The zero-order valence-corrected chi connectivity index (χ0v) is 18.7. The number of rotatable bonds is 5. The fraction of sp³-hybridized carbons (Fsp3) is 0.391. The minimum atomic E-state index is -1.82. The van der Waals surface area contributed by atoms with E-state index < -0.39 is 11.9 Å². The largest absolute Gasteiger partial charge is 0.493 e. The minimum absolute atomic E-state index is 0.258. The first kappa shape index (κ1) is 23.5. The highest BCUT2D eigenvalue weighted by Crippen LogP contribution is 2.42. The smallest absolute Gasteiger partial charge is 0.414 e. The first-order valence-corrected chi connectivity index (χ1v) is 10.7. The molecule has 0 spiro atoms.